The number of nitrogens with one attached hydrogen (secondary N) is 1. The quantitative estimate of drug-likeness (QED) is 0.735. The van der Waals surface area contributed by atoms with Crippen molar-refractivity contribution in [3.63, 3.8) is 0 Å². The Labute approximate surface area is 85.5 Å². The van der Waals surface area contributed by atoms with E-state index in [9.17, 15) is 0 Å². The van der Waals surface area contributed by atoms with E-state index in [1.54, 1.807) is 12.4 Å². The molecular weight excluding hydrogens is 176 g/mol. The molecule has 1 aromatic rings. The number of hydrogen-bond acceptors (Lipinski definition) is 3. The first kappa shape index (κ1) is 11.1. The summed E-state index contributed by atoms with van der Waals surface area (Å²) in [6, 6.07) is 5.72. The molecule has 0 saturated carbocycles. The van der Waals surface area contributed by atoms with Gasteiger partial charge in [0.1, 0.15) is 0 Å². The third kappa shape index (κ3) is 4.94. The lowest BCUT2D eigenvalue weighted by Gasteiger charge is -2.21. The highest BCUT2D eigenvalue weighted by Crippen LogP contribution is 1.98. The molecular formula is C11H18N2O. The zero-order valence-corrected chi connectivity index (χ0v) is 8.65. The summed E-state index contributed by atoms with van der Waals surface area (Å²) in [5, 5.41) is 3.26. The number of rotatable bonds is 1. The Hall–Kier alpha value is -0.930. The predicted molar refractivity (Wildman–Crippen MR) is 57.1 cm³/mol. The Balaban J connectivity index is 0.000000146. The second-order valence-electron chi connectivity index (χ2n) is 3.13. The van der Waals surface area contributed by atoms with Crippen molar-refractivity contribution in [2.75, 3.05) is 19.7 Å². The molecule has 3 heteroatoms. The van der Waals surface area contributed by atoms with Gasteiger partial charge < -0.3 is 10.1 Å². The van der Waals surface area contributed by atoms with Crippen LogP contribution in [0.4, 0.5) is 0 Å². The van der Waals surface area contributed by atoms with Crippen LogP contribution < -0.4 is 5.32 Å². The van der Waals surface area contributed by atoms with Gasteiger partial charge in [0.25, 0.3) is 0 Å². The predicted octanol–water partition coefficient (Wildman–Crippen LogP) is 1.47. The van der Waals surface area contributed by atoms with Gasteiger partial charge in [-0.2, -0.15) is 0 Å². The molecule has 0 aliphatic carbocycles. The monoisotopic (exact) mass is 194 g/mol. The Bertz CT molecular complexity index is 183. The van der Waals surface area contributed by atoms with Crippen LogP contribution in [0, 0.1) is 0 Å². The fourth-order valence-electron chi connectivity index (χ4n) is 1.19. The molecule has 1 saturated heterocycles. The number of pyridine rings is 1. The topological polar surface area (TPSA) is 34.1 Å². The van der Waals surface area contributed by atoms with Gasteiger partial charge in [-0.25, -0.2) is 0 Å². The minimum atomic E-state index is 0.476. The summed E-state index contributed by atoms with van der Waals surface area (Å²) in [7, 11) is 0. The van der Waals surface area contributed by atoms with Crippen molar-refractivity contribution in [3.05, 3.63) is 30.6 Å². The number of morpholine rings is 1. The van der Waals surface area contributed by atoms with E-state index in [-0.39, 0.29) is 0 Å². The zero-order chi connectivity index (χ0) is 10.1. The van der Waals surface area contributed by atoms with Gasteiger partial charge in [-0.15, -0.1) is 0 Å². The molecule has 1 atom stereocenters. The van der Waals surface area contributed by atoms with Gasteiger partial charge in [-0.05, 0) is 18.6 Å². The Morgan fingerprint density at radius 3 is 2.43 bits per heavy atom. The molecule has 0 radical (unpaired) electrons. The molecule has 0 bridgehead atoms. The molecule has 1 fully saturated rings. The average Bonchev–Trinajstić information content (AvgIpc) is 2.33. The highest BCUT2D eigenvalue weighted by atomic mass is 16.5. The molecule has 14 heavy (non-hydrogen) atoms. The zero-order valence-electron chi connectivity index (χ0n) is 8.65. The summed E-state index contributed by atoms with van der Waals surface area (Å²) < 4.78 is 5.36. The van der Waals surface area contributed by atoms with Crippen LogP contribution in [0.25, 0.3) is 0 Å². The van der Waals surface area contributed by atoms with E-state index in [1.807, 2.05) is 18.2 Å². The maximum atomic E-state index is 5.36. The van der Waals surface area contributed by atoms with Crippen molar-refractivity contribution in [1.29, 1.82) is 0 Å². The number of aromatic nitrogens is 1. The van der Waals surface area contributed by atoms with E-state index in [1.165, 1.54) is 0 Å². The maximum absolute atomic E-state index is 5.36. The molecule has 0 amide bonds. The van der Waals surface area contributed by atoms with Gasteiger partial charge in [0.05, 0.1) is 12.7 Å². The van der Waals surface area contributed by atoms with Gasteiger partial charge in [0.15, 0.2) is 0 Å². The molecule has 0 spiro atoms. The molecule has 1 aliphatic heterocycles. The summed E-state index contributed by atoms with van der Waals surface area (Å²) in [6.07, 6.45) is 5.11. The second kappa shape index (κ2) is 7.47. The van der Waals surface area contributed by atoms with E-state index in [2.05, 4.69) is 17.2 Å². The van der Waals surface area contributed by atoms with Crippen molar-refractivity contribution in [2.45, 2.75) is 19.4 Å². The van der Waals surface area contributed by atoms with Crippen LogP contribution in [-0.2, 0) is 4.74 Å². The SMILES string of the molecule is CCC1CNCCO1.c1ccncc1. The van der Waals surface area contributed by atoms with E-state index in [0.717, 1.165) is 26.1 Å². The van der Waals surface area contributed by atoms with Crippen LogP contribution in [0.1, 0.15) is 13.3 Å². The van der Waals surface area contributed by atoms with Crippen LogP contribution >= 0.6 is 0 Å². The van der Waals surface area contributed by atoms with E-state index < -0.39 is 0 Å². The third-order valence-electron chi connectivity index (χ3n) is 2.03. The van der Waals surface area contributed by atoms with Gasteiger partial charge in [-0.1, -0.05) is 13.0 Å². The maximum Gasteiger partial charge on any atom is 0.0697 e. The normalized spacial score (nSPS) is 20.8. The summed E-state index contributed by atoms with van der Waals surface area (Å²) in [4.78, 5) is 3.78. The highest BCUT2D eigenvalue weighted by Gasteiger charge is 2.08. The fraction of sp³-hybridized carbons (Fsp3) is 0.545. The van der Waals surface area contributed by atoms with E-state index in [0.29, 0.717) is 6.10 Å². The molecule has 1 unspecified atom stereocenters. The summed E-state index contributed by atoms with van der Waals surface area (Å²) in [5.41, 5.74) is 0. The summed E-state index contributed by atoms with van der Waals surface area (Å²) in [5.74, 6) is 0. The van der Waals surface area contributed by atoms with Crippen LogP contribution in [0.2, 0.25) is 0 Å². The van der Waals surface area contributed by atoms with E-state index >= 15 is 0 Å². The second-order valence-corrected chi connectivity index (χ2v) is 3.13. The molecule has 1 N–H and O–H groups in total. The molecule has 1 aromatic heterocycles. The smallest absolute Gasteiger partial charge is 0.0697 e. The van der Waals surface area contributed by atoms with Gasteiger partial charge in [0.2, 0.25) is 0 Å². The molecule has 78 valence electrons. The van der Waals surface area contributed by atoms with Crippen molar-refractivity contribution in [2.24, 2.45) is 0 Å². The van der Waals surface area contributed by atoms with Crippen LogP contribution in [0.15, 0.2) is 30.6 Å². The van der Waals surface area contributed by atoms with Crippen molar-refractivity contribution in [3.8, 4) is 0 Å². The first-order chi connectivity index (χ1) is 6.93. The number of ether oxygens (including phenoxy) is 1. The molecule has 2 heterocycles. The number of hydrogen-bond donors (Lipinski definition) is 1. The van der Waals surface area contributed by atoms with Crippen LogP contribution in [0.3, 0.4) is 0 Å². The van der Waals surface area contributed by atoms with Gasteiger partial charge in [-0.3, -0.25) is 4.98 Å². The van der Waals surface area contributed by atoms with Crippen molar-refractivity contribution in [1.82, 2.24) is 10.3 Å². The third-order valence-corrected chi connectivity index (χ3v) is 2.03. The lowest BCUT2D eigenvalue weighted by atomic mass is 10.2. The molecule has 2 rings (SSSR count). The average molecular weight is 194 g/mol. The van der Waals surface area contributed by atoms with Crippen molar-refractivity contribution < 1.29 is 4.74 Å². The molecule has 0 aromatic carbocycles. The number of nitrogens with zero attached hydrogens (tertiary/aromatic N) is 1. The minimum Gasteiger partial charge on any atom is -0.376 e. The minimum absolute atomic E-state index is 0.476. The lowest BCUT2D eigenvalue weighted by Crippen LogP contribution is -2.37. The Morgan fingerprint density at radius 1 is 1.36 bits per heavy atom. The molecule has 3 nitrogen and oxygen atoms in total. The largest absolute Gasteiger partial charge is 0.376 e. The van der Waals surface area contributed by atoms with Gasteiger partial charge in [0, 0.05) is 25.5 Å². The van der Waals surface area contributed by atoms with Crippen LogP contribution in [-0.4, -0.2) is 30.8 Å². The Morgan fingerprint density at radius 2 is 2.14 bits per heavy atom. The van der Waals surface area contributed by atoms with Crippen LogP contribution in [0.5, 0.6) is 0 Å². The van der Waals surface area contributed by atoms with Crippen molar-refractivity contribution >= 4 is 0 Å². The molecule has 1 aliphatic rings. The lowest BCUT2D eigenvalue weighted by molar-refractivity contribution is 0.0267. The Kier molecular flexibility index (Phi) is 5.95. The fourth-order valence-corrected chi connectivity index (χ4v) is 1.19. The first-order valence-corrected chi connectivity index (χ1v) is 5.10. The first-order valence-electron chi connectivity index (χ1n) is 5.10. The standard InChI is InChI=1S/C6H13NO.C5H5N/c1-2-6-5-7-3-4-8-6;1-2-4-6-5-3-1/h6-7H,2-5H2,1H3;1-5H. The highest BCUT2D eigenvalue weighted by molar-refractivity contribution is 4.88. The summed E-state index contributed by atoms with van der Waals surface area (Å²) in [6.45, 7) is 5.10. The summed E-state index contributed by atoms with van der Waals surface area (Å²) >= 11 is 0. The van der Waals surface area contributed by atoms with Gasteiger partial charge >= 0.3 is 0 Å². The van der Waals surface area contributed by atoms with E-state index in [4.69, 9.17) is 4.74 Å².